The number of Topliss-reactive ketones (excluding diaryl/α,β-unsaturated/α-hetero) is 1. The van der Waals surface area contributed by atoms with Crippen molar-refractivity contribution in [2.45, 2.75) is 32.1 Å². The molecule has 96 valence electrons. The van der Waals surface area contributed by atoms with E-state index in [2.05, 4.69) is 25.6 Å². The predicted octanol–water partition coefficient (Wildman–Crippen LogP) is 3.69. The fourth-order valence-electron chi connectivity index (χ4n) is 2.51. The molecule has 0 aromatic heterocycles. The van der Waals surface area contributed by atoms with Gasteiger partial charge in [0.1, 0.15) is 5.78 Å². The molecule has 18 heavy (non-hydrogen) atoms. The summed E-state index contributed by atoms with van der Waals surface area (Å²) >= 11 is 0. The molecule has 0 radical (unpaired) electrons. The maximum atomic E-state index is 11.6. The van der Waals surface area contributed by atoms with Crippen LogP contribution in [0, 0.1) is 5.92 Å². The molecule has 0 bridgehead atoms. The van der Waals surface area contributed by atoms with Crippen LogP contribution in [-0.4, -0.2) is 12.4 Å². The van der Waals surface area contributed by atoms with E-state index in [1.807, 2.05) is 18.2 Å². The van der Waals surface area contributed by atoms with Gasteiger partial charge in [-0.15, -0.1) is 0 Å². The van der Waals surface area contributed by atoms with E-state index >= 15 is 0 Å². The smallest absolute Gasteiger partial charge is 0.136 e. The topological polar surface area (TPSA) is 26.3 Å². The van der Waals surface area contributed by atoms with Crippen LogP contribution in [0.1, 0.15) is 37.7 Å². The number of benzene rings is 1. The number of ether oxygens (including phenoxy) is 1. The predicted molar refractivity (Wildman–Crippen MR) is 72.3 cm³/mol. The van der Waals surface area contributed by atoms with Crippen molar-refractivity contribution in [1.82, 2.24) is 0 Å². The normalized spacial score (nSPS) is 25.8. The van der Waals surface area contributed by atoms with Crippen molar-refractivity contribution in [2.24, 2.45) is 5.92 Å². The molecule has 0 amide bonds. The van der Waals surface area contributed by atoms with Gasteiger partial charge in [-0.05, 0) is 17.9 Å². The molecule has 1 heterocycles. The summed E-state index contributed by atoms with van der Waals surface area (Å²) < 4.78 is 5.63. The second-order valence-electron chi connectivity index (χ2n) is 5.11. The van der Waals surface area contributed by atoms with Crippen LogP contribution in [0.3, 0.4) is 0 Å². The summed E-state index contributed by atoms with van der Waals surface area (Å²) in [5.74, 6) is 1.67. The van der Waals surface area contributed by atoms with Gasteiger partial charge in [-0.2, -0.15) is 0 Å². The van der Waals surface area contributed by atoms with Gasteiger partial charge in [0, 0.05) is 18.8 Å². The van der Waals surface area contributed by atoms with Gasteiger partial charge in [0.15, 0.2) is 0 Å². The maximum absolute atomic E-state index is 11.6. The number of hydrogen-bond acceptors (Lipinski definition) is 2. The van der Waals surface area contributed by atoms with E-state index in [4.69, 9.17) is 4.74 Å². The molecule has 0 N–H and O–H groups in total. The highest BCUT2D eigenvalue weighted by molar-refractivity contribution is 5.78. The molecule has 1 aromatic carbocycles. The average molecular weight is 244 g/mol. The number of hydrogen-bond donors (Lipinski definition) is 0. The minimum Gasteiger partial charge on any atom is -0.497 e. The summed E-state index contributed by atoms with van der Waals surface area (Å²) in [6.07, 6.45) is 2.08. The molecule has 1 aliphatic heterocycles. The van der Waals surface area contributed by atoms with Gasteiger partial charge in [-0.25, -0.2) is 0 Å². The molecule has 1 fully saturated rings. The lowest BCUT2D eigenvalue weighted by Crippen LogP contribution is -2.09. The summed E-state index contributed by atoms with van der Waals surface area (Å²) in [7, 11) is 0. The molecule has 2 atom stereocenters. The second-order valence-corrected chi connectivity index (χ2v) is 5.11. The number of carbonyl (C=O) groups is 1. The number of allylic oxidation sites excluding steroid dienone is 1. The van der Waals surface area contributed by atoms with Crippen molar-refractivity contribution < 1.29 is 9.53 Å². The molecule has 2 heteroatoms. The van der Waals surface area contributed by atoms with Crippen LogP contribution in [0.5, 0.6) is 0 Å². The lowest BCUT2D eigenvalue weighted by Gasteiger charge is -2.21. The van der Waals surface area contributed by atoms with E-state index in [1.54, 1.807) is 0 Å². The van der Waals surface area contributed by atoms with Gasteiger partial charge in [0.25, 0.3) is 0 Å². The molecule has 0 spiro atoms. The van der Waals surface area contributed by atoms with Crippen LogP contribution >= 0.6 is 0 Å². The van der Waals surface area contributed by atoms with Crippen LogP contribution in [0.4, 0.5) is 0 Å². The van der Waals surface area contributed by atoms with Crippen LogP contribution in [-0.2, 0) is 9.53 Å². The third-order valence-electron chi connectivity index (χ3n) is 3.47. The summed E-state index contributed by atoms with van der Waals surface area (Å²) in [6.45, 7) is 6.64. The van der Waals surface area contributed by atoms with Crippen molar-refractivity contribution in [2.75, 3.05) is 6.61 Å². The molecule has 0 aliphatic carbocycles. The van der Waals surface area contributed by atoms with Crippen molar-refractivity contribution in [3.63, 3.8) is 0 Å². The van der Waals surface area contributed by atoms with Crippen LogP contribution in [0.2, 0.25) is 0 Å². The summed E-state index contributed by atoms with van der Waals surface area (Å²) in [5.41, 5.74) is 1.23. The Balaban J connectivity index is 2.20. The van der Waals surface area contributed by atoms with E-state index in [9.17, 15) is 4.79 Å². The van der Waals surface area contributed by atoms with Gasteiger partial charge in [0.05, 0.1) is 12.4 Å². The first kappa shape index (κ1) is 12.9. The van der Waals surface area contributed by atoms with E-state index in [-0.39, 0.29) is 5.92 Å². The van der Waals surface area contributed by atoms with Crippen molar-refractivity contribution in [1.29, 1.82) is 0 Å². The Morgan fingerprint density at radius 1 is 1.28 bits per heavy atom. The average Bonchev–Trinajstić information content (AvgIpc) is 2.41. The molecular weight excluding hydrogens is 224 g/mol. The fourth-order valence-corrected chi connectivity index (χ4v) is 2.51. The van der Waals surface area contributed by atoms with Gasteiger partial charge < -0.3 is 4.74 Å². The third kappa shape index (κ3) is 3.22. The first-order valence-electron chi connectivity index (χ1n) is 6.55. The standard InChI is InChI=1S/C16H20O2/c1-12-10-15(17)8-9-18-13(2)16(11-12)14-6-4-3-5-7-14/h3-7,12,16H,2,8-11H2,1H3. The molecule has 1 aliphatic rings. The van der Waals surface area contributed by atoms with E-state index in [1.165, 1.54) is 5.56 Å². The quantitative estimate of drug-likeness (QED) is 0.753. The zero-order valence-corrected chi connectivity index (χ0v) is 10.9. The Kier molecular flexibility index (Phi) is 4.19. The van der Waals surface area contributed by atoms with Crippen LogP contribution in [0.25, 0.3) is 0 Å². The summed E-state index contributed by atoms with van der Waals surface area (Å²) in [4.78, 5) is 11.6. The Labute approximate surface area is 109 Å². The van der Waals surface area contributed by atoms with Crippen molar-refractivity contribution in [3.05, 3.63) is 48.2 Å². The number of rotatable bonds is 1. The van der Waals surface area contributed by atoms with Crippen molar-refractivity contribution >= 4 is 5.78 Å². The third-order valence-corrected chi connectivity index (χ3v) is 3.47. The van der Waals surface area contributed by atoms with E-state index < -0.39 is 0 Å². The van der Waals surface area contributed by atoms with Gasteiger partial charge in [-0.3, -0.25) is 4.79 Å². The van der Waals surface area contributed by atoms with Crippen LogP contribution < -0.4 is 0 Å². The molecule has 1 aromatic rings. The number of carbonyl (C=O) groups excluding carboxylic acids is 1. The fraction of sp³-hybridized carbons (Fsp3) is 0.438. The molecule has 2 nitrogen and oxygen atoms in total. The molecule has 2 rings (SSSR count). The summed E-state index contributed by atoms with van der Waals surface area (Å²) in [5, 5.41) is 0. The zero-order chi connectivity index (χ0) is 13.0. The monoisotopic (exact) mass is 244 g/mol. The highest BCUT2D eigenvalue weighted by atomic mass is 16.5. The molecule has 1 saturated heterocycles. The zero-order valence-electron chi connectivity index (χ0n) is 10.9. The molecule has 2 unspecified atom stereocenters. The van der Waals surface area contributed by atoms with E-state index in [0.717, 1.165) is 12.2 Å². The van der Waals surface area contributed by atoms with E-state index in [0.29, 0.717) is 31.1 Å². The second kappa shape index (κ2) is 5.85. The Morgan fingerprint density at radius 3 is 2.72 bits per heavy atom. The lowest BCUT2D eigenvalue weighted by atomic mass is 9.86. The first-order valence-corrected chi connectivity index (χ1v) is 6.55. The van der Waals surface area contributed by atoms with Gasteiger partial charge in [-0.1, -0.05) is 43.8 Å². The molecular formula is C16H20O2. The largest absolute Gasteiger partial charge is 0.497 e. The summed E-state index contributed by atoms with van der Waals surface area (Å²) in [6, 6.07) is 10.3. The minimum absolute atomic E-state index is 0.201. The lowest BCUT2D eigenvalue weighted by molar-refractivity contribution is -0.120. The number of ketones is 1. The van der Waals surface area contributed by atoms with Gasteiger partial charge in [0.2, 0.25) is 0 Å². The Morgan fingerprint density at radius 2 is 2.00 bits per heavy atom. The SMILES string of the molecule is C=C1OCCC(=O)CC(C)CC1c1ccccc1. The van der Waals surface area contributed by atoms with Crippen LogP contribution in [0.15, 0.2) is 42.7 Å². The van der Waals surface area contributed by atoms with Crippen molar-refractivity contribution in [3.8, 4) is 0 Å². The Bertz CT molecular complexity index is 422. The highest BCUT2D eigenvalue weighted by Crippen LogP contribution is 2.33. The minimum atomic E-state index is 0.201. The highest BCUT2D eigenvalue weighted by Gasteiger charge is 2.23. The Hall–Kier alpha value is -1.57. The maximum Gasteiger partial charge on any atom is 0.136 e. The molecule has 0 saturated carbocycles. The van der Waals surface area contributed by atoms with Gasteiger partial charge >= 0.3 is 0 Å². The first-order chi connectivity index (χ1) is 8.66.